The van der Waals surface area contributed by atoms with Crippen LogP contribution in [0.15, 0.2) is 23.1 Å². The third-order valence-electron chi connectivity index (χ3n) is 3.42. The van der Waals surface area contributed by atoms with Crippen LogP contribution in [-0.2, 0) is 6.54 Å². The predicted octanol–water partition coefficient (Wildman–Crippen LogP) is 1.27. The van der Waals surface area contributed by atoms with Crippen LogP contribution >= 0.6 is 0 Å². The Balaban J connectivity index is 2.41. The first kappa shape index (κ1) is 8.44. The van der Waals surface area contributed by atoms with Gasteiger partial charge in [-0.05, 0) is 19.1 Å². The van der Waals surface area contributed by atoms with Crippen LogP contribution in [0.3, 0.4) is 0 Å². The van der Waals surface area contributed by atoms with Crippen molar-refractivity contribution in [2.75, 3.05) is 30.9 Å². The lowest BCUT2D eigenvalue weighted by molar-refractivity contribution is 0.0695. The number of aromatic carboxylic acids is 1. The molecule has 0 saturated carbocycles. The molecule has 0 amide bonds. The van der Waals surface area contributed by atoms with E-state index in [2.05, 4.69) is 0 Å². The van der Waals surface area contributed by atoms with E-state index in [0.717, 1.165) is 12.3 Å². The number of hydrogen-bond acceptors (Lipinski definition) is 4. The number of benzene rings is 1. The molecule has 23 heavy (non-hydrogen) atoms. The van der Waals surface area contributed by atoms with Gasteiger partial charge in [-0.25, -0.2) is 9.18 Å². The Morgan fingerprint density at radius 3 is 2.74 bits per heavy atom. The van der Waals surface area contributed by atoms with Crippen molar-refractivity contribution in [2.45, 2.75) is 13.5 Å². The van der Waals surface area contributed by atoms with Gasteiger partial charge in [0.05, 0.1) is 16.7 Å². The van der Waals surface area contributed by atoms with E-state index >= 15 is 4.39 Å². The van der Waals surface area contributed by atoms with E-state index in [1.807, 2.05) is 0 Å². The standard InChI is InChI=1S/C16H18FN3O3/c1-2-19-9-11(16(22)23)15(21)10-7-12(17)14(8-13(10)19)20-5-3-18-4-6-20/h7-9,18H,2-6H2,1H3,(H,22,23)/i3D2,4D2,5D2,6D2. The summed E-state index contributed by atoms with van der Waals surface area (Å²) in [6.07, 6.45) is 1.01. The highest BCUT2D eigenvalue weighted by Crippen LogP contribution is 2.25. The first-order valence-electron chi connectivity index (χ1n) is 10.7. The highest BCUT2D eigenvalue weighted by molar-refractivity contribution is 5.93. The van der Waals surface area contributed by atoms with E-state index < -0.39 is 54.5 Å². The second-order valence-corrected chi connectivity index (χ2v) is 4.72. The van der Waals surface area contributed by atoms with E-state index in [4.69, 9.17) is 11.0 Å². The molecule has 1 aromatic carbocycles. The fourth-order valence-corrected chi connectivity index (χ4v) is 2.33. The van der Waals surface area contributed by atoms with Gasteiger partial charge in [-0.15, -0.1) is 0 Å². The summed E-state index contributed by atoms with van der Waals surface area (Å²) >= 11 is 0. The average Bonchev–Trinajstić information content (AvgIpc) is 2.60. The number of carboxylic acid groups (broad SMARTS) is 1. The summed E-state index contributed by atoms with van der Waals surface area (Å²) in [5, 5.41) is 10.5. The number of nitrogens with zero attached hydrogens (tertiary/aromatic N) is 2. The number of pyridine rings is 1. The topological polar surface area (TPSA) is 74.6 Å². The molecule has 1 aliphatic heterocycles. The number of halogens is 1. The number of rotatable bonds is 3. The lowest BCUT2D eigenvalue weighted by Crippen LogP contribution is -2.43. The number of carboxylic acids is 1. The maximum atomic E-state index is 15.1. The molecular formula is C16H18FN3O3. The molecule has 0 atom stereocenters. The monoisotopic (exact) mass is 327 g/mol. The van der Waals surface area contributed by atoms with Crippen LogP contribution in [0, 0.1) is 5.82 Å². The maximum Gasteiger partial charge on any atom is 0.341 e. The van der Waals surface area contributed by atoms with E-state index in [1.54, 1.807) is 12.2 Å². The quantitative estimate of drug-likeness (QED) is 0.888. The zero-order valence-electron chi connectivity index (χ0n) is 20.0. The maximum absolute atomic E-state index is 15.1. The summed E-state index contributed by atoms with van der Waals surface area (Å²) in [4.78, 5) is 23.9. The van der Waals surface area contributed by atoms with Crippen molar-refractivity contribution in [1.82, 2.24) is 9.88 Å². The minimum atomic E-state index is -3.27. The van der Waals surface area contributed by atoms with Gasteiger partial charge in [-0.3, -0.25) is 4.79 Å². The van der Waals surface area contributed by atoms with Gasteiger partial charge in [0.25, 0.3) is 0 Å². The second-order valence-electron chi connectivity index (χ2n) is 4.72. The molecule has 2 aromatic rings. The Bertz CT molecular complexity index is 1130. The molecule has 1 aromatic heterocycles. The van der Waals surface area contributed by atoms with Crippen LogP contribution < -0.4 is 15.6 Å². The first-order chi connectivity index (χ1) is 14.0. The fraction of sp³-hybridized carbons (Fsp3) is 0.375. The largest absolute Gasteiger partial charge is 0.477 e. The molecule has 1 fully saturated rings. The lowest BCUT2D eigenvalue weighted by Gasteiger charge is -2.30. The van der Waals surface area contributed by atoms with Gasteiger partial charge < -0.3 is 19.9 Å². The van der Waals surface area contributed by atoms with E-state index in [9.17, 15) is 14.7 Å². The number of anilines is 1. The van der Waals surface area contributed by atoms with Crippen LogP contribution in [0.5, 0.6) is 0 Å². The molecule has 0 bridgehead atoms. The summed E-state index contributed by atoms with van der Waals surface area (Å²) in [6, 6.07) is 1.50. The number of aryl methyl sites for hydroxylation is 1. The molecule has 7 heteroatoms. The molecule has 3 rings (SSSR count). The molecule has 0 unspecified atom stereocenters. The highest BCUT2D eigenvalue weighted by atomic mass is 19.1. The van der Waals surface area contributed by atoms with Gasteiger partial charge in [-0.2, -0.15) is 0 Å². The minimum absolute atomic E-state index is 0.0286. The van der Waals surface area contributed by atoms with Crippen LogP contribution in [-0.4, -0.2) is 41.6 Å². The molecule has 2 heterocycles. The average molecular weight is 327 g/mol. The number of nitrogens with one attached hydrogen (secondary N) is 1. The Morgan fingerprint density at radius 1 is 1.43 bits per heavy atom. The first-order valence-corrected chi connectivity index (χ1v) is 6.69. The predicted molar refractivity (Wildman–Crippen MR) is 85.9 cm³/mol. The van der Waals surface area contributed by atoms with Crippen molar-refractivity contribution in [3.05, 3.63) is 39.9 Å². The van der Waals surface area contributed by atoms with Crippen molar-refractivity contribution in [2.24, 2.45) is 0 Å². The molecule has 2 N–H and O–H groups in total. The smallest absolute Gasteiger partial charge is 0.341 e. The van der Waals surface area contributed by atoms with Gasteiger partial charge >= 0.3 is 5.97 Å². The molecule has 122 valence electrons. The Hall–Kier alpha value is -2.41. The number of aromatic nitrogens is 1. The van der Waals surface area contributed by atoms with Crippen molar-refractivity contribution in [1.29, 1.82) is 0 Å². The van der Waals surface area contributed by atoms with Crippen molar-refractivity contribution >= 4 is 22.6 Å². The van der Waals surface area contributed by atoms with Gasteiger partial charge in [0.1, 0.15) is 11.4 Å². The van der Waals surface area contributed by atoms with Gasteiger partial charge in [0.15, 0.2) is 0 Å². The highest BCUT2D eigenvalue weighted by Gasteiger charge is 2.19. The second kappa shape index (κ2) is 6.00. The number of hydrogen-bond donors (Lipinski definition) is 2. The van der Waals surface area contributed by atoms with Crippen LogP contribution in [0.1, 0.15) is 28.2 Å². The van der Waals surface area contributed by atoms with Crippen LogP contribution in [0.25, 0.3) is 10.9 Å². The summed E-state index contributed by atoms with van der Waals surface area (Å²) in [5.41, 5.74) is -2.52. The van der Waals surface area contributed by atoms with Crippen LogP contribution in [0.4, 0.5) is 10.1 Å². The van der Waals surface area contributed by atoms with Gasteiger partial charge in [0.2, 0.25) is 5.43 Å². The van der Waals surface area contributed by atoms with Crippen molar-refractivity contribution < 1.29 is 25.3 Å². The summed E-state index contributed by atoms with van der Waals surface area (Å²) in [5.74, 6) is -2.88. The molecule has 0 spiro atoms. The zero-order chi connectivity index (χ0) is 23.7. The minimum Gasteiger partial charge on any atom is -0.477 e. The Morgan fingerprint density at radius 2 is 2.13 bits per heavy atom. The van der Waals surface area contributed by atoms with E-state index in [0.29, 0.717) is 6.07 Å². The van der Waals surface area contributed by atoms with Crippen LogP contribution in [0.2, 0.25) is 0 Å². The molecule has 1 saturated heterocycles. The summed E-state index contributed by atoms with van der Waals surface area (Å²) in [7, 11) is 0. The van der Waals surface area contributed by atoms with E-state index in [-0.39, 0.29) is 22.3 Å². The third kappa shape index (κ3) is 2.68. The SMILES string of the molecule is [2H]C1([2H])NC([2H])([2H])C([2H])([2H])N(c2cc3c(cc2F)c(=O)c(C(=O)O)cn3CC)C1([2H])[2H]. The van der Waals surface area contributed by atoms with Gasteiger partial charge in [0, 0.05) is 49.6 Å². The zero-order valence-corrected chi connectivity index (χ0v) is 12.0. The van der Waals surface area contributed by atoms with E-state index in [1.165, 1.54) is 4.57 Å². The Kier molecular flexibility index (Phi) is 2.20. The number of carbonyl (C=O) groups is 1. The van der Waals surface area contributed by atoms with Crippen molar-refractivity contribution in [3.8, 4) is 0 Å². The van der Waals surface area contributed by atoms with Gasteiger partial charge in [-0.1, -0.05) is 0 Å². The summed E-state index contributed by atoms with van der Waals surface area (Å²) < 4.78 is 80.3. The molecular weight excluding hydrogens is 301 g/mol. The molecule has 0 aliphatic carbocycles. The molecule has 1 aliphatic rings. The lowest BCUT2D eigenvalue weighted by atomic mass is 10.1. The normalized spacial score (nSPS) is 29.0. The molecule has 6 nitrogen and oxygen atoms in total. The third-order valence-corrected chi connectivity index (χ3v) is 3.42. The number of fused-ring (bicyclic) bond motifs is 1. The molecule has 0 radical (unpaired) electrons. The van der Waals surface area contributed by atoms with Crippen molar-refractivity contribution in [3.63, 3.8) is 0 Å². The fourth-order valence-electron chi connectivity index (χ4n) is 2.33. The number of piperazine rings is 1. The Labute approximate surface area is 143 Å². The summed E-state index contributed by atoms with van der Waals surface area (Å²) in [6.45, 7) is -11.1.